The molecule has 2 aliphatic heterocycles. The van der Waals surface area contributed by atoms with Gasteiger partial charge in [-0.3, -0.25) is 4.98 Å². The fraction of sp³-hybridized carbons (Fsp3) is 0.333. The minimum absolute atomic E-state index is 0.245. The summed E-state index contributed by atoms with van der Waals surface area (Å²) in [5, 5.41) is 0.639. The molecule has 0 atom stereocenters. The van der Waals surface area contributed by atoms with E-state index in [0.717, 1.165) is 45.5 Å². The maximum Gasteiger partial charge on any atom is 0.409 e. The van der Waals surface area contributed by atoms with Crippen LogP contribution < -0.4 is 4.74 Å². The second-order valence-corrected chi connectivity index (χ2v) is 8.11. The molecule has 5 nitrogen and oxygen atoms in total. The molecule has 1 amide bonds. The van der Waals surface area contributed by atoms with Gasteiger partial charge in [-0.1, -0.05) is 17.2 Å². The number of rotatable bonds is 1. The number of piperidine rings is 1. The van der Waals surface area contributed by atoms with Crippen LogP contribution in [0.2, 0.25) is 5.02 Å². The number of ether oxygens (including phenoxy) is 2. The topological polar surface area (TPSA) is 51.7 Å². The lowest BCUT2D eigenvalue weighted by Crippen LogP contribution is -2.37. The van der Waals surface area contributed by atoms with Crippen LogP contribution in [0.15, 0.2) is 40.5 Å². The highest BCUT2D eigenvalue weighted by molar-refractivity contribution is 9.10. The molecule has 0 saturated carbocycles. The van der Waals surface area contributed by atoms with Gasteiger partial charge in [0, 0.05) is 45.5 Å². The molecule has 0 bridgehead atoms. The highest BCUT2D eigenvalue weighted by Gasteiger charge is 2.27. The minimum Gasteiger partial charge on any atom is -0.488 e. The zero-order valence-electron chi connectivity index (χ0n) is 15.5. The summed E-state index contributed by atoms with van der Waals surface area (Å²) in [6.45, 7) is 3.91. The smallest absolute Gasteiger partial charge is 0.409 e. The molecule has 1 aromatic heterocycles. The molecule has 7 heteroatoms. The number of halogens is 2. The Morgan fingerprint density at radius 2 is 2.11 bits per heavy atom. The summed E-state index contributed by atoms with van der Waals surface area (Å²) in [6.07, 6.45) is 3.11. The first kappa shape index (κ1) is 19.3. The van der Waals surface area contributed by atoms with E-state index >= 15 is 0 Å². The van der Waals surface area contributed by atoms with Crippen molar-refractivity contribution in [3.63, 3.8) is 0 Å². The number of likely N-dealkylation sites (tertiary alicyclic amines) is 1. The molecule has 1 saturated heterocycles. The van der Waals surface area contributed by atoms with Gasteiger partial charge in [0.25, 0.3) is 0 Å². The van der Waals surface area contributed by atoms with Crippen molar-refractivity contribution in [3.8, 4) is 5.75 Å². The van der Waals surface area contributed by atoms with Crippen LogP contribution in [0.3, 0.4) is 0 Å². The fourth-order valence-electron chi connectivity index (χ4n) is 3.70. The zero-order valence-corrected chi connectivity index (χ0v) is 17.8. The van der Waals surface area contributed by atoms with Crippen molar-refractivity contribution >= 4 is 39.2 Å². The van der Waals surface area contributed by atoms with Crippen molar-refractivity contribution in [1.82, 2.24) is 9.88 Å². The largest absolute Gasteiger partial charge is 0.488 e. The standard InChI is InChI=1S/C21H20BrClN2O3/c1-2-27-21(26)25-7-5-13(6-8-25)19-17-4-3-16(23)10-18(17)28-12-14-9-15(22)11-24-20(14)19/h3-4,9-11H,2,5-8,12H2,1H3. The number of pyridine rings is 1. The molecule has 146 valence electrons. The van der Waals surface area contributed by atoms with Crippen LogP contribution in [0, 0.1) is 0 Å². The predicted molar refractivity (Wildman–Crippen MR) is 112 cm³/mol. The third-order valence-corrected chi connectivity index (χ3v) is 5.68. The van der Waals surface area contributed by atoms with Crippen molar-refractivity contribution in [2.75, 3.05) is 19.7 Å². The first-order chi connectivity index (χ1) is 13.6. The maximum absolute atomic E-state index is 12.0. The molecule has 4 rings (SSSR count). The number of hydrogen-bond acceptors (Lipinski definition) is 4. The van der Waals surface area contributed by atoms with Crippen LogP contribution in [0.25, 0.3) is 5.57 Å². The first-order valence-corrected chi connectivity index (χ1v) is 10.4. The van der Waals surface area contributed by atoms with Crippen molar-refractivity contribution in [2.45, 2.75) is 26.4 Å². The van der Waals surface area contributed by atoms with Gasteiger partial charge in [-0.15, -0.1) is 0 Å². The molecule has 0 aliphatic carbocycles. The molecular formula is C21H20BrClN2O3. The van der Waals surface area contributed by atoms with Crippen molar-refractivity contribution in [1.29, 1.82) is 0 Å². The number of aromatic nitrogens is 1. The number of hydrogen-bond donors (Lipinski definition) is 0. The van der Waals surface area contributed by atoms with Crippen molar-refractivity contribution in [2.24, 2.45) is 0 Å². The lowest BCUT2D eigenvalue weighted by molar-refractivity contribution is 0.104. The Morgan fingerprint density at radius 3 is 2.86 bits per heavy atom. The Balaban J connectivity index is 1.77. The summed E-state index contributed by atoms with van der Waals surface area (Å²) in [7, 11) is 0. The highest BCUT2D eigenvalue weighted by atomic mass is 79.9. The van der Waals surface area contributed by atoms with Crippen LogP contribution in [0.1, 0.15) is 36.6 Å². The fourth-order valence-corrected chi connectivity index (χ4v) is 4.24. The monoisotopic (exact) mass is 462 g/mol. The van der Waals surface area contributed by atoms with E-state index in [0.29, 0.717) is 31.3 Å². The van der Waals surface area contributed by atoms with Gasteiger partial charge >= 0.3 is 6.09 Å². The van der Waals surface area contributed by atoms with E-state index < -0.39 is 0 Å². The SMILES string of the molecule is CCOC(=O)N1CCC(=C2c3ccc(Cl)cc3OCc3cc(Br)cnc32)CC1. The zero-order chi connectivity index (χ0) is 19.7. The molecule has 2 aliphatic rings. The van der Waals surface area contributed by atoms with E-state index in [1.807, 2.05) is 37.4 Å². The van der Waals surface area contributed by atoms with Crippen LogP contribution >= 0.6 is 27.5 Å². The Labute approximate surface area is 177 Å². The van der Waals surface area contributed by atoms with E-state index in [-0.39, 0.29) is 6.09 Å². The lowest BCUT2D eigenvalue weighted by atomic mass is 9.89. The average Bonchev–Trinajstić information content (AvgIpc) is 2.84. The average molecular weight is 464 g/mol. The Kier molecular flexibility index (Phi) is 5.60. The van der Waals surface area contributed by atoms with E-state index in [1.165, 1.54) is 5.57 Å². The maximum atomic E-state index is 12.0. The van der Waals surface area contributed by atoms with Gasteiger partial charge in [0.1, 0.15) is 12.4 Å². The second kappa shape index (κ2) is 8.13. The molecule has 3 heterocycles. The van der Waals surface area contributed by atoms with E-state index in [1.54, 1.807) is 4.90 Å². The minimum atomic E-state index is -0.245. The number of carbonyl (C=O) groups is 1. The van der Waals surface area contributed by atoms with Gasteiger partial charge in [0.05, 0.1) is 12.3 Å². The quantitative estimate of drug-likeness (QED) is 0.565. The van der Waals surface area contributed by atoms with Gasteiger partial charge in [-0.2, -0.15) is 0 Å². The van der Waals surface area contributed by atoms with Gasteiger partial charge in [0.15, 0.2) is 0 Å². The third kappa shape index (κ3) is 3.76. The Bertz CT molecular complexity index is 895. The molecule has 0 N–H and O–H groups in total. The van der Waals surface area contributed by atoms with E-state index in [4.69, 9.17) is 26.1 Å². The number of nitrogens with zero attached hydrogens (tertiary/aromatic N) is 2. The number of fused-ring (bicyclic) bond motifs is 2. The molecule has 2 aromatic rings. The first-order valence-electron chi connectivity index (χ1n) is 9.28. The summed E-state index contributed by atoms with van der Waals surface area (Å²) in [5.74, 6) is 0.761. The lowest BCUT2D eigenvalue weighted by Gasteiger charge is -2.29. The summed E-state index contributed by atoms with van der Waals surface area (Å²) in [5.41, 5.74) is 5.32. The summed E-state index contributed by atoms with van der Waals surface area (Å²) in [6, 6.07) is 7.77. The molecule has 0 unspecified atom stereocenters. The van der Waals surface area contributed by atoms with Crippen molar-refractivity contribution in [3.05, 3.63) is 62.4 Å². The molecule has 0 radical (unpaired) electrons. The summed E-state index contributed by atoms with van der Waals surface area (Å²) >= 11 is 9.71. The Morgan fingerprint density at radius 1 is 1.32 bits per heavy atom. The van der Waals surface area contributed by atoms with E-state index in [9.17, 15) is 4.79 Å². The van der Waals surface area contributed by atoms with Crippen molar-refractivity contribution < 1.29 is 14.3 Å². The number of amides is 1. The van der Waals surface area contributed by atoms with Crippen LogP contribution in [0.5, 0.6) is 5.75 Å². The van der Waals surface area contributed by atoms with E-state index in [2.05, 4.69) is 15.9 Å². The van der Waals surface area contributed by atoms with Crippen LogP contribution in [-0.2, 0) is 11.3 Å². The molecule has 0 spiro atoms. The summed E-state index contributed by atoms with van der Waals surface area (Å²) in [4.78, 5) is 18.5. The molecule has 28 heavy (non-hydrogen) atoms. The predicted octanol–water partition coefficient (Wildman–Crippen LogP) is 5.44. The molecular weight excluding hydrogens is 444 g/mol. The van der Waals surface area contributed by atoms with Gasteiger partial charge < -0.3 is 14.4 Å². The van der Waals surface area contributed by atoms with Gasteiger partial charge in [0.2, 0.25) is 0 Å². The normalized spacial score (nSPS) is 16.0. The highest BCUT2D eigenvalue weighted by Crippen LogP contribution is 2.41. The Hall–Kier alpha value is -2.05. The number of carbonyl (C=O) groups excluding carboxylic acids is 1. The second-order valence-electron chi connectivity index (χ2n) is 6.75. The van der Waals surface area contributed by atoms with Gasteiger partial charge in [-0.25, -0.2) is 4.79 Å². The van der Waals surface area contributed by atoms with Crippen LogP contribution in [0.4, 0.5) is 4.79 Å². The third-order valence-electron chi connectivity index (χ3n) is 5.01. The van der Waals surface area contributed by atoms with Crippen LogP contribution in [-0.4, -0.2) is 35.7 Å². The van der Waals surface area contributed by atoms with Gasteiger partial charge in [-0.05, 0) is 60.0 Å². The molecule has 1 aromatic carbocycles. The number of benzene rings is 1. The summed E-state index contributed by atoms with van der Waals surface area (Å²) < 4.78 is 12.1. The molecule has 1 fully saturated rings.